The van der Waals surface area contributed by atoms with Crippen LogP contribution in [0.5, 0.6) is 0 Å². The number of rotatable bonds is 5. The minimum atomic E-state index is -0.274. The first kappa shape index (κ1) is 15.5. The Labute approximate surface area is 125 Å². The van der Waals surface area contributed by atoms with E-state index in [0.717, 1.165) is 11.1 Å². The minimum Gasteiger partial charge on any atom is -0.394 e. The van der Waals surface area contributed by atoms with Crippen molar-refractivity contribution >= 4 is 5.69 Å². The Hall–Kier alpha value is -1.87. The topological polar surface area (TPSA) is 32.3 Å². The quantitative estimate of drug-likeness (QED) is 0.854. The van der Waals surface area contributed by atoms with Gasteiger partial charge in [-0.1, -0.05) is 38.1 Å². The van der Waals surface area contributed by atoms with E-state index >= 15 is 0 Å². The molecule has 0 heterocycles. The van der Waals surface area contributed by atoms with Crippen molar-refractivity contribution in [2.45, 2.75) is 32.7 Å². The van der Waals surface area contributed by atoms with Gasteiger partial charge in [-0.2, -0.15) is 0 Å². The first-order valence-corrected chi connectivity index (χ1v) is 7.24. The van der Waals surface area contributed by atoms with E-state index in [-0.39, 0.29) is 18.5 Å². The molecule has 2 nitrogen and oxygen atoms in total. The van der Waals surface area contributed by atoms with Crippen molar-refractivity contribution in [2.75, 3.05) is 11.9 Å². The Morgan fingerprint density at radius 1 is 1.05 bits per heavy atom. The largest absolute Gasteiger partial charge is 0.394 e. The van der Waals surface area contributed by atoms with E-state index in [2.05, 4.69) is 31.3 Å². The maximum Gasteiger partial charge on any atom is 0.125 e. The zero-order valence-electron chi connectivity index (χ0n) is 12.7. The van der Waals surface area contributed by atoms with Gasteiger partial charge in [0.25, 0.3) is 0 Å². The molecule has 0 aliphatic rings. The minimum absolute atomic E-state index is 0.0451. The van der Waals surface area contributed by atoms with E-state index in [4.69, 9.17) is 0 Å². The summed E-state index contributed by atoms with van der Waals surface area (Å²) in [6, 6.07) is 12.7. The molecule has 0 aliphatic heterocycles. The molecule has 0 fully saturated rings. The van der Waals surface area contributed by atoms with Crippen LogP contribution in [0, 0.1) is 12.7 Å². The summed E-state index contributed by atoms with van der Waals surface area (Å²) in [6.45, 7) is 6.09. The lowest BCUT2D eigenvalue weighted by molar-refractivity contribution is 0.276. The Morgan fingerprint density at radius 3 is 2.19 bits per heavy atom. The number of aliphatic hydroxyl groups excluding tert-OH is 1. The molecule has 0 saturated carbocycles. The van der Waals surface area contributed by atoms with Gasteiger partial charge in [-0.3, -0.25) is 0 Å². The SMILES string of the molecule is Cc1cc(F)cc(NC(CO)c2ccc(C(C)C)cc2)c1. The number of halogens is 1. The highest BCUT2D eigenvalue weighted by Gasteiger charge is 2.11. The number of hydrogen-bond donors (Lipinski definition) is 2. The van der Waals surface area contributed by atoms with Crippen LogP contribution in [0.2, 0.25) is 0 Å². The lowest BCUT2D eigenvalue weighted by Crippen LogP contribution is -2.15. The predicted octanol–water partition coefficient (Wildman–Crippen LogP) is 4.40. The second kappa shape index (κ2) is 6.72. The highest BCUT2D eigenvalue weighted by molar-refractivity contribution is 5.48. The Bertz CT molecular complexity index is 572. The number of hydrogen-bond acceptors (Lipinski definition) is 2. The molecular weight excluding hydrogens is 265 g/mol. The molecule has 0 spiro atoms. The molecule has 0 saturated heterocycles. The fraction of sp³-hybridized carbons (Fsp3) is 0.333. The first-order chi connectivity index (χ1) is 9.99. The summed E-state index contributed by atoms with van der Waals surface area (Å²) in [5, 5.41) is 12.8. The lowest BCUT2D eigenvalue weighted by atomic mass is 9.99. The van der Waals surface area contributed by atoms with Gasteiger partial charge in [-0.05, 0) is 47.7 Å². The molecule has 0 aromatic heterocycles. The molecule has 0 radical (unpaired) electrons. The normalized spacial score (nSPS) is 12.5. The fourth-order valence-corrected chi connectivity index (χ4v) is 2.37. The highest BCUT2D eigenvalue weighted by Crippen LogP contribution is 2.23. The Morgan fingerprint density at radius 2 is 1.67 bits per heavy atom. The van der Waals surface area contributed by atoms with E-state index < -0.39 is 0 Å². The van der Waals surface area contributed by atoms with Crippen molar-refractivity contribution in [3.05, 3.63) is 65.0 Å². The van der Waals surface area contributed by atoms with Gasteiger partial charge in [0.15, 0.2) is 0 Å². The number of aliphatic hydroxyl groups is 1. The molecule has 112 valence electrons. The lowest BCUT2D eigenvalue weighted by Gasteiger charge is -2.19. The van der Waals surface area contributed by atoms with Crippen LogP contribution in [-0.4, -0.2) is 11.7 Å². The van der Waals surface area contributed by atoms with Crippen LogP contribution in [0.3, 0.4) is 0 Å². The molecule has 2 rings (SSSR count). The average molecular weight is 287 g/mol. The van der Waals surface area contributed by atoms with Crippen molar-refractivity contribution in [2.24, 2.45) is 0 Å². The molecule has 21 heavy (non-hydrogen) atoms. The van der Waals surface area contributed by atoms with Gasteiger partial charge in [0.1, 0.15) is 5.82 Å². The van der Waals surface area contributed by atoms with Gasteiger partial charge in [-0.25, -0.2) is 4.39 Å². The zero-order chi connectivity index (χ0) is 15.4. The van der Waals surface area contributed by atoms with Crippen molar-refractivity contribution < 1.29 is 9.50 Å². The monoisotopic (exact) mass is 287 g/mol. The number of benzene rings is 2. The molecule has 2 aromatic rings. The van der Waals surface area contributed by atoms with Crippen LogP contribution in [0.15, 0.2) is 42.5 Å². The van der Waals surface area contributed by atoms with Crippen LogP contribution in [0.25, 0.3) is 0 Å². The van der Waals surface area contributed by atoms with Crippen LogP contribution >= 0.6 is 0 Å². The molecule has 2 N–H and O–H groups in total. The van der Waals surface area contributed by atoms with Crippen molar-refractivity contribution in [3.8, 4) is 0 Å². The van der Waals surface area contributed by atoms with E-state index in [1.165, 1.54) is 17.7 Å². The summed E-state index contributed by atoms with van der Waals surface area (Å²) in [6.07, 6.45) is 0. The molecule has 0 amide bonds. The van der Waals surface area contributed by atoms with Gasteiger partial charge in [0.05, 0.1) is 12.6 Å². The Kier molecular flexibility index (Phi) is 4.97. The second-order valence-electron chi connectivity index (χ2n) is 5.72. The fourth-order valence-electron chi connectivity index (χ4n) is 2.37. The third-order valence-corrected chi connectivity index (χ3v) is 3.57. The summed E-state index contributed by atoms with van der Waals surface area (Å²) in [7, 11) is 0. The van der Waals surface area contributed by atoms with Gasteiger partial charge in [-0.15, -0.1) is 0 Å². The average Bonchev–Trinajstić information content (AvgIpc) is 2.44. The summed E-state index contributed by atoms with van der Waals surface area (Å²) >= 11 is 0. The van der Waals surface area contributed by atoms with Gasteiger partial charge < -0.3 is 10.4 Å². The van der Waals surface area contributed by atoms with Crippen LogP contribution in [-0.2, 0) is 0 Å². The van der Waals surface area contributed by atoms with Crippen LogP contribution in [0.1, 0.15) is 42.5 Å². The number of anilines is 1. The summed E-state index contributed by atoms with van der Waals surface area (Å²) in [5.74, 6) is 0.204. The van der Waals surface area contributed by atoms with E-state index in [1.54, 1.807) is 0 Å². The van der Waals surface area contributed by atoms with Crippen LogP contribution in [0.4, 0.5) is 10.1 Å². The maximum absolute atomic E-state index is 13.4. The highest BCUT2D eigenvalue weighted by atomic mass is 19.1. The third kappa shape index (κ3) is 4.05. The number of nitrogens with one attached hydrogen (secondary N) is 1. The maximum atomic E-state index is 13.4. The molecule has 1 atom stereocenters. The zero-order valence-corrected chi connectivity index (χ0v) is 12.7. The van der Waals surface area contributed by atoms with E-state index in [9.17, 15) is 9.50 Å². The number of aryl methyl sites for hydroxylation is 1. The van der Waals surface area contributed by atoms with Crippen molar-refractivity contribution in [1.29, 1.82) is 0 Å². The molecule has 3 heteroatoms. The standard InChI is InChI=1S/C18H22FNO/c1-12(2)14-4-6-15(7-5-14)18(11-21)20-17-9-13(3)8-16(19)10-17/h4-10,12,18,20-21H,11H2,1-3H3. The Balaban J connectivity index is 2.19. The van der Waals surface area contributed by atoms with E-state index in [0.29, 0.717) is 11.6 Å². The molecule has 2 aromatic carbocycles. The van der Waals surface area contributed by atoms with Gasteiger partial charge >= 0.3 is 0 Å². The summed E-state index contributed by atoms with van der Waals surface area (Å²) < 4.78 is 13.4. The van der Waals surface area contributed by atoms with Crippen molar-refractivity contribution in [3.63, 3.8) is 0 Å². The van der Waals surface area contributed by atoms with Crippen molar-refractivity contribution in [1.82, 2.24) is 0 Å². The second-order valence-corrected chi connectivity index (χ2v) is 5.72. The summed E-state index contributed by atoms with van der Waals surface area (Å²) in [5.41, 5.74) is 3.78. The molecular formula is C18H22FNO. The third-order valence-electron chi connectivity index (χ3n) is 3.57. The molecule has 0 aliphatic carbocycles. The van der Waals surface area contributed by atoms with E-state index in [1.807, 2.05) is 25.1 Å². The van der Waals surface area contributed by atoms with Gasteiger partial charge in [0, 0.05) is 5.69 Å². The first-order valence-electron chi connectivity index (χ1n) is 7.24. The summed E-state index contributed by atoms with van der Waals surface area (Å²) in [4.78, 5) is 0. The molecule has 0 bridgehead atoms. The molecule has 1 unspecified atom stereocenters. The van der Waals surface area contributed by atoms with Gasteiger partial charge in [0.2, 0.25) is 0 Å². The predicted molar refractivity (Wildman–Crippen MR) is 85.1 cm³/mol. The van der Waals surface area contributed by atoms with Crippen LogP contribution < -0.4 is 5.32 Å². The smallest absolute Gasteiger partial charge is 0.125 e.